The molecule has 0 saturated carbocycles. The highest BCUT2D eigenvalue weighted by Gasteiger charge is 2.13. The number of aromatic nitrogens is 2. The van der Waals surface area contributed by atoms with Crippen LogP contribution in [0.1, 0.15) is 24.9 Å². The zero-order chi connectivity index (χ0) is 13.9. The van der Waals surface area contributed by atoms with Crippen LogP contribution in [0.25, 0.3) is 11.0 Å². The number of hydrogen-bond donors (Lipinski definition) is 1. The fourth-order valence-corrected chi connectivity index (χ4v) is 2.68. The number of nitrogen functional groups attached to an aromatic ring is 1. The molecular weight excluding hydrogens is 246 g/mol. The number of anilines is 1. The van der Waals surface area contributed by atoms with E-state index in [2.05, 4.69) is 46.8 Å². The number of rotatable bonds is 4. The summed E-state index contributed by atoms with van der Waals surface area (Å²) in [5, 5.41) is 0. The summed E-state index contributed by atoms with van der Waals surface area (Å²) in [6, 6.07) is 19.0. The van der Waals surface area contributed by atoms with Crippen molar-refractivity contribution in [1.82, 2.24) is 9.55 Å². The number of para-hydroxylation sites is 2. The van der Waals surface area contributed by atoms with Crippen LogP contribution in [0.3, 0.4) is 0 Å². The molecule has 1 heterocycles. The predicted octanol–water partition coefficient (Wildman–Crippen LogP) is 3.81. The van der Waals surface area contributed by atoms with E-state index in [-0.39, 0.29) is 0 Å². The van der Waals surface area contributed by atoms with E-state index in [0.717, 1.165) is 23.9 Å². The fourth-order valence-electron chi connectivity index (χ4n) is 2.68. The molecule has 1 unspecified atom stereocenters. The second-order valence-electron chi connectivity index (χ2n) is 5.20. The molecular formula is C17H19N3. The summed E-state index contributed by atoms with van der Waals surface area (Å²) in [5.74, 6) is 0.603. The highest BCUT2D eigenvalue weighted by Crippen LogP contribution is 2.25. The molecule has 0 radical (unpaired) electrons. The second kappa shape index (κ2) is 5.37. The Balaban J connectivity index is 1.82. The van der Waals surface area contributed by atoms with Crippen LogP contribution in [0.15, 0.2) is 54.6 Å². The Morgan fingerprint density at radius 1 is 1.05 bits per heavy atom. The lowest BCUT2D eigenvalue weighted by Crippen LogP contribution is -2.09. The molecule has 2 N–H and O–H groups in total. The maximum atomic E-state index is 6.08. The zero-order valence-corrected chi connectivity index (χ0v) is 11.7. The molecule has 20 heavy (non-hydrogen) atoms. The van der Waals surface area contributed by atoms with E-state index in [0.29, 0.717) is 12.0 Å². The number of nitrogens with zero attached hydrogens (tertiary/aromatic N) is 2. The molecule has 3 nitrogen and oxygen atoms in total. The van der Waals surface area contributed by atoms with Gasteiger partial charge in [-0.25, -0.2) is 4.98 Å². The van der Waals surface area contributed by atoms with Crippen LogP contribution >= 0.6 is 0 Å². The molecule has 2 aromatic carbocycles. The van der Waals surface area contributed by atoms with Crippen LogP contribution in [-0.4, -0.2) is 9.55 Å². The predicted molar refractivity (Wildman–Crippen MR) is 83.6 cm³/mol. The SMILES string of the molecule is CC(CCc1ccccc1)n1c(N)nc2ccccc21. The zero-order valence-electron chi connectivity index (χ0n) is 11.7. The first-order valence-corrected chi connectivity index (χ1v) is 7.02. The van der Waals surface area contributed by atoms with Gasteiger partial charge in [0, 0.05) is 6.04 Å². The minimum Gasteiger partial charge on any atom is -0.369 e. The van der Waals surface area contributed by atoms with Crippen molar-refractivity contribution in [3.05, 3.63) is 60.2 Å². The van der Waals surface area contributed by atoms with Crippen molar-refractivity contribution in [2.45, 2.75) is 25.8 Å². The normalized spacial score (nSPS) is 12.7. The molecule has 3 heteroatoms. The monoisotopic (exact) mass is 265 g/mol. The van der Waals surface area contributed by atoms with Gasteiger partial charge < -0.3 is 10.3 Å². The summed E-state index contributed by atoms with van der Waals surface area (Å²) >= 11 is 0. The highest BCUT2D eigenvalue weighted by molar-refractivity contribution is 5.78. The van der Waals surface area contributed by atoms with Crippen molar-refractivity contribution in [1.29, 1.82) is 0 Å². The Morgan fingerprint density at radius 3 is 2.55 bits per heavy atom. The lowest BCUT2D eigenvalue weighted by atomic mass is 10.1. The molecule has 0 spiro atoms. The molecule has 102 valence electrons. The molecule has 3 rings (SSSR count). The van der Waals surface area contributed by atoms with Gasteiger partial charge in [0.1, 0.15) is 0 Å². The van der Waals surface area contributed by atoms with Gasteiger partial charge in [0.05, 0.1) is 11.0 Å². The molecule has 0 aliphatic heterocycles. The summed E-state index contributed by atoms with van der Waals surface area (Å²) in [6.07, 6.45) is 2.10. The van der Waals surface area contributed by atoms with Gasteiger partial charge in [-0.15, -0.1) is 0 Å². The standard InChI is InChI=1S/C17H19N3/c1-13(11-12-14-7-3-2-4-8-14)20-16-10-6-5-9-15(16)19-17(20)18/h2-10,13H,11-12H2,1H3,(H2,18,19). The van der Waals surface area contributed by atoms with E-state index in [1.807, 2.05) is 24.3 Å². The lowest BCUT2D eigenvalue weighted by Gasteiger charge is -2.16. The topological polar surface area (TPSA) is 43.8 Å². The first kappa shape index (κ1) is 12.7. The van der Waals surface area contributed by atoms with Crippen LogP contribution in [0, 0.1) is 0 Å². The number of benzene rings is 2. The van der Waals surface area contributed by atoms with Crippen molar-refractivity contribution in [3.63, 3.8) is 0 Å². The number of imidazole rings is 1. The van der Waals surface area contributed by atoms with Gasteiger partial charge >= 0.3 is 0 Å². The van der Waals surface area contributed by atoms with E-state index in [1.54, 1.807) is 0 Å². The number of fused-ring (bicyclic) bond motifs is 1. The first-order chi connectivity index (χ1) is 9.75. The quantitative estimate of drug-likeness (QED) is 0.779. The number of hydrogen-bond acceptors (Lipinski definition) is 2. The maximum absolute atomic E-state index is 6.08. The smallest absolute Gasteiger partial charge is 0.201 e. The average Bonchev–Trinajstić information content (AvgIpc) is 2.82. The van der Waals surface area contributed by atoms with Gasteiger partial charge in [0.15, 0.2) is 0 Å². The van der Waals surface area contributed by atoms with Gasteiger partial charge in [-0.1, -0.05) is 42.5 Å². The summed E-state index contributed by atoms with van der Waals surface area (Å²) < 4.78 is 2.14. The molecule has 0 saturated heterocycles. The Labute approximate surface area is 119 Å². The number of nitrogens with two attached hydrogens (primary N) is 1. The third kappa shape index (κ3) is 2.39. The van der Waals surface area contributed by atoms with Crippen molar-refractivity contribution in [3.8, 4) is 0 Å². The van der Waals surface area contributed by atoms with E-state index in [4.69, 9.17) is 5.73 Å². The largest absolute Gasteiger partial charge is 0.369 e. The molecule has 0 aliphatic carbocycles. The summed E-state index contributed by atoms with van der Waals surface area (Å²) in [7, 11) is 0. The third-order valence-electron chi connectivity index (χ3n) is 3.76. The van der Waals surface area contributed by atoms with Crippen molar-refractivity contribution in [2.75, 3.05) is 5.73 Å². The molecule has 0 bridgehead atoms. The Bertz CT molecular complexity index is 701. The van der Waals surface area contributed by atoms with Crippen LogP contribution in [0.5, 0.6) is 0 Å². The highest BCUT2D eigenvalue weighted by atomic mass is 15.2. The fraction of sp³-hybridized carbons (Fsp3) is 0.235. The van der Waals surface area contributed by atoms with Gasteiger partial charge in [-0.2, -0.15) is 0 Å². The van der Waals surface area contributed by atoms with Crippen molar-refractivity contribution >= 4 is 17.0 Å². The summed E-state index contributed by atoms with van der Waals surface area (Å²) in [6.45, 7) is 2.20. The van der Waals surface area contributed by atoms with Crippen LogP contribution in [0.4, 0.5) is 5.95 Å². The van der Waals surface area contributed by atoms with Crippen molar-refractivity contribution < 1.29 is 0 Å². The lowest BCUT2D eigenvalue weighted by molar-refractivity contribution is 0.525. The van der Waals surface area contributed by atoms with Gasteiger partial charge in [0.2, 0.25) is 5.95 Å². The van der Waals surface area contributed by atoms with E-state index in [9.17, 15) is 0 Å². The van der Waals surface area contributed by atoms with Crippen LogP contribution in [0.2, 0.25) is 0 Å². The molecule has 0 amide bonds. The van der Waals surface area contributed by atoms with E-state index >= 15 is 0 Å². The van der Waals surface area contributed by atoms with Gasteiger partial charge in [-0.3, -0.25) is 0 Å². The van der Waals surface area contributed by atoms with Crippen molar-refractivity contribution in [2.24, 2.45) is 0 Å². The third-order valence-corrected chi connectivity index (χ3v) is 3.76. The first-order valence-electron chi connectivity index (χ1n) is 7.02. The minimum absolute atomic E-state index is 0.336. The van der Waals surface area contributed by atoms with E-state index in [1.165, 1.54) is 5.56 Å². The minimum atomic E-state index is 0.336. The molecule has 1 atom stereocenters. The maximum Gasteiger partial charge on any atom is 0.201 e. The molecule has 0 fully saturated rings. The second-order valence-corrected chi connectivity index (χ2v) is 5.20. The Kier molecular flexibility index (Phi) is 3.42. The van der Waals surface area contributed by atoms with Crippen LogP contribution in [-0.2, 0) is 6.42 Å². The number of aryl methyl sites for hydroxylation is 1. The Morgan fingerprint density at radius 2 is 1.75 bits per heavy atom. The summed E-state index contributed by atoms with van der Waals surface area (Å²) in [4.78, 5) is 4.43. The molecule has 1 aromatic heterocycles. The van der Waals surface area contributed by atoms with E-state index < -0.39 is 0 Å². The van der Waals surface area contributed by atoms with Gasteiger partial charge in [-0.05, 0) is 37.5 Å². The van der Waals surface area contributed by atoms with Gasteiger partial charge in [0.25, 0.3) is 0 Å². The Hall–Kier alpha value is -2.29. The summed E-state index contributed by atoms with van der Waals surface area (Å²) in [5.41, 5.74) is 9.52. The average molecular weight is 265 g/mol. The van der Waals surface area contributed by atoms with Crippen LogP contribution < -0.4 is 5.73 Å². The molecule has 3 aromatic rings. The molecule has 0 aliphatic rings.